The number of nitrogens with one attached hydrogen (secondary N) is 1. The molecule has 3 rings (SSSR count). The molecule has 7 heteroatoms. The highest BCUT2D eigenvalue weighted by Gasteiger charge is 2.17. The molecule has 0 amide bonds. The van der Waals surface area contributed by atoms with E-state index in [4.69, 9.17) is 0 Å². The quantitative estimate of drug-likeness (QED) is 0.902. The Balaban J connectivity index is 1.77. The number of pyridine rings is 2. The average molecular weight is 344 g/mol. The molecule has 0 radical (unpaired) electrons. The number of piperidine rings is 1. The number of hydrogen-bond donors (Lipinski definition) is 1. The third-order valence-electron chi connectivity index (χ3n) is 3.93. The second-order valence-electron chi connectivity index (χ2n) is 5.66. The Bertz CT molecular complexity index is 813. The molecular weight excluding hydrogens is 324 g/mol. The van der Waals surface area contributed by atoms with Crippen LogP contribution in [0.2, 0.25) is 0 Å². The summed E-state index contributed by atoms with van der Waals surface area (Å²) in [6.07, 6.45) is 6.49. The Hall–Kier alpha value is -2.41. The van der Waals surface area contributed by atoms with Gasteiger partial charge >= 0.3 is 0 Å². The van der Waals surface area contributed by atoms with Crippen LogP contribution in [0.5, 0.6) is 0 Å². The van der Waals surface area contributed by atoms with Crippen molar-refractivity contribution >= 4 is 27.7 Å². The first kappa shape index (κ1) is 16.4. The van der Waals surface area contributed by atoms with E-state index in [0.29, 0.717) is 5.69 Å². The molecule has 0 atom stereocenters. The molecule has 2 aromatic heterocycles. The summed E-state index contributed by atoms with van der Waals surface area (Å²) in [5.41, 5.74) is 0.605. The van der Waals surface area contributed by atoms with Crippen molar-refractivity contribution in [3.63, 3.8) is 0 Å². The fraction of sp³-hybridized carbons (Fsp3) is 0.294. The van der Waals surface area contributed by atoms with E-state index in [1.165, 1.54) is 12.6 Å². The highest BCUT2D eigenvalue weighted by molar-refractivity contribution is 7.92. The van der Waals surface area contributed by atoms with Crippen LogP contribution in [0, 0.1) is 0 Å². The predicted molar refractivity (Wildman–Crippen MR) is 95.4 cm³/mol. The molecule has 126 valence electrons. The zero-order valence-corrected chi connectivity index (χ0v) is 14.2. The Kier molecular flexibility index (Phi) is 4.80. The Morgan fingerprint density at radius 1 is 1.12 bits per heavy atom. The molecule has 24 heavy (non-hydrogen) atoms. The van der Waals surface area contributed by atoms with E-state index in [2.05, 4.69) is 26.2 Å². The first-order valence-electron chi connectivity index (χ1n) is 7.92. The standard InChI is InChI=1S/C17H20N4O2S/c1-2-14-7-6-8-16(19-14)20-24(22,23)15-9-10-17(18-13-15)21-11-4-3-5-12-21/h2,6-10,13H,1,3-5,11-12H2,(H,19,20). The maximum atomic E-state index is 12.5. The molecule has 1 saturated heterocycles. The predicted octanol–water partition coefficient (Wildman–Crippen LogP) is 2.91. The monoisotopic (exact) mass is 344 g/mol. The minimum atomic E-state index is -3.71. The van der Waals surface area contributed by atoms with Crippen molar-refractivity contribution in [2.24, 2.45) is 0 Å². The summed E-state index contributed by atoms with van der Waals surface area (Å²) in [5, 5.41) is 0. The lowest BCUT2D eigenvalue weighted by atomic mass is 10.1. The van der Waals surface area contributed by atoms with Gasteiger partial charge in [-0.3, -0.25) is 4.72 Å². The molecule has 2 aromatic rings. The Labute approximate surface area is 142 Å². The summed E-state index contributed by atoms with van der Waals surface area (Å²) in [4.78, 5) is 10.8. The van der Waals surface area contributed by atoms with Crippen molar-refractivity contribution in [1.82, 2.24) is 9.97 Å². The normalized spacial score (nSPS) is 15.1. The van der Waals surface area contributed by atoms with Crippen LogP contribution in [0.25, 0.3) is 6.08 Å². The van der Waals surface area contributed by atoms with E-state index in [0.717, 1.165) is 31.7 Å². The van der Waals surface area contributed by atoms with Crippen LogP contribution in [0.3, 0.4) is 0 Å². The summed E-state index contributed by atoms with van der Waals surface area (Å²) in [6, 6.07) is 8.41. The summed E-state index contributed by atoms with van der Waals surface area (Å²) in [5.74, 6) is 1.08. The third kappa shape index (κ3) is 3.73. The molecule has 0 spiro atoms. The zero-order chi connectivity index (χ0) is 17.0. The van der Waals surface area contributed by atoms with Gasteiger partial charge in [0.2, 0.25) is 0 Å². The van der Waals surface area contributed by atoms with Gasteiger partial charge in [0.15, 0.2) is 0 Å². The molecule has 3 heterocycles. The van der Waals surface area contributed by atoms with Crippen LogP contribution < -0.4 is 9.62 Å². The van der Waals surface area contributed by atoms with E-state index in [1.807, 2.05) is 0 Å². The molecule has 6 nitrogen and oxygen atoms in total. The number of sulfonamides is 1. The van der Waals surface area contributed by atoms with Gasteiger partial charge in [-0.1, -0.05) is 12.6 Å². The second kappa shape index (κ2) is 7.00. The number of nitrogens with zero attached hydrogens (tertiary/aromatic N) is 3. The smallest absolute Gasteiger partial charge is 0.264 e. The lowest BCUT2D eigenvalue weighted by Crippen LogP contribution is -2.30. The lowest BCUT2D eigenvalue weighted by Gasteiger charge is -2.27. The Morgan fingerprint density at radius 2 is 1.92 bits per heavy atom. The molecule has 1 N–H and O–H groups in total. The second-order valence-corrected chi connectivity index (χ2v) is 7.34. The number of anilines is 2. The van der Waals surface area contributed by atoms with Gasteiger partial charge in [-0.2, -0.15) is 0 Å². The van der Waals surface area contributed by atoms with Gasteiger partial charge in [0.25, 0.3) is 10.0 Å². The summed E-state index contributed by atoms with van der Waals surface area (Å²) in [7, 11) is -3.71. The van der Waals surface area contributed by atoms with E-state index < -0.39 is 10.0 Å². The maximum Gasteiger partial charge on any atom is 0.264 e. The van der Waals surface area contributed by atoms with E-state index >= 15 is 0 Å². The zero-order valence-electron chi connectivity index (χ0n) is 13.4. The van der Waals surface area contributed by atoms with Crippen molar-refractivity contribution < 1.29 is 8.42 Å². The van der Waals surface area contributed by atoms with Crippen LogP contribution >= 0.6 is 0 Å². The van der Waals surface area contributed by atoms with Crippen molar-refractivity contribution in [3.8, 4) is 0 Å². The molecule has 0 unspecified atom stereocenters. The molecule has 0 aliphatic carbocycles. The largest absolute Gasteiger partial charge is 0.357 e. The summed E-state index contributed by atoms with van der Waals surface area (Å²) < 4.78 is 27.4. The van der Waals surface area contributed by atoms with Gasteiger partial charge in [0.05, 0.1) is 5.69 Å². The molecular formula is C17H20N4O2S. The van der Waals surface area contributed by atoms with Crippen molar-refractivity contribution in [3.05, 3.63) is 48.8 Å². The molecule has 1 aliphatic heterocycles. The third-order valence-corrected chi connectivity index (χ3v) is 5.27. The molecule has 1 aliphatic rings. The molecule has 0 saturated carbocycles. The maximum absolute atomic E-state index is 12.5. The van der Waals surface area contributed by atoms with E-state index in [1.54, 1.807) is 36.4 Å². The average Bonchev–Trinajstić information content (AvgIpc) is 2.62. The first-order chi connectivity index (χ1) is 11.6. The van der Waals surface area contributed by atoms with Crippen molar-refractivity contribution in [1.29, 1.82) is 0 Å². The first-order valence-corrected chi connectivity index (χ1v) is 9.40. The van der Waals surface area contributed by atoms with Gasteiger partial charge < -0.3 is 4.90 Å². The van der Waals surface area contributed by atoms with E-state index in [-0.39, 0.29) is 10.7 Å². The summed E-state index contributed by atoms with van der Waals surface area (Å²) >= 11 is 0. The van der Waals surface area contributed by atoms with Crippen LogP contribution in [0.4, 0.5) is 11.6 Å². The number of rotatable bonds is 5. The minimum absolute atomic E-state index is 0.120. The van der Waals surface area contributed by atoms with Crippen molar-refractivity contribution in [2.45, 2.75) is 24.2 Å². The molecule has 0 bridgehead atoms. The summed E-state index contributed by atoms with van der Waals surface area (Å²) in [6.45, 7) is 5.56. The fourth-order valence-electron chi connectivity index (χ4n) is 2.66. The van der Waals surface area contributed by atoms with Gasteiger partial charge in [0.1, 0.15) is 16.5 Å². The minimum Gasteiger partial charge on any atom is -0.357 e. The van der Waals surface area contributed by atoms with Gasteiger partial charge in [-0.15, -0.1) is 0 Å². The van der Waals surface area contributed by atoms with Crippen LogP contribution in [0.1, 0.15) is 25.0 Å². The van der Waals surface area contributed by atoms with Crippen LogP contribution in [0.15, 0.2) is 48.0 Å². The van der Waals surface area contributed by atoms with Crippen molar-refractivity contribution in [2.75, 3.05) is 22.7 Å². The Morgan fingerprint density at radius 3 is 2.58 bits per heavy atom. The lowest BCUT2D eigenvalue weighted by molar-refractivity contribution is 0.573. The fourth-order valence-corrected chi connectivity index (χ4v) is 3.61. The van der Waals surface area contributed by atoms with Crippen LogP contribution in [-0.4, -0.2) is 31.5 Å². The number of hydrogen-bond acceptors (Lipinski definition) is 5. The van der Waals surface area contributed by atoms with Gasteiger partial charge in [0, 0.05) is 19.3 Å². The highest BCUT2D eigenvalue weighted by atomic mass is 32.2. The van der Waals surface area contributed by atoms with E-state index in [9.17, 15) is 8.42 Å². The van der Waals surface area contributed by atoms with Gasteiger partial charge in [-0.05, 0) is 49.6 Å². The molecule has 1 fully saturated rings. The number of aromatic nitrogens is 2. The van der Waals surface area contributed by atoms with Gasteiger partial charge in [-0.25, -0.2) is 18.4 Å². The highest BCUT2D eigenvalue weighted by Crippen LogP contribution is 2.20. The van der Waals surface area contributed by atoms with Crippen LogP contribution in [-0.2, 0) is 10.0 Å². The molecule has 0 aromatic carbocycles. The topological polar surface area (TPSA) is 75.2 Å². The SMILES string of the molecule is C=Cc1cccc(NS(=O)(=O)c2ccc(N3CCCCC3)nc2)n1.